The lowest BCUT2D eigenvalue weighted by atomic mass is 10.1. The lowest BCUT2D eigenvalue weighted by Crippen LogP contribution is -2.51. The number of carbonyl (C=O) groups excluding carboxylic acids is 2. The number of methoxy groups -OCH3 is 2. The van der Waals surface area contributed by atoms with E-state index in [1.807, 2.05) is 18.2 Å². The quantitative estimate of drug-likeness (QED) is 0.772. The van der Waals surface area contributed by atoms with Crippen LogP contribution < -0.4 is 9.47 Å². The molecule has 0 aliphatic carbocycles. The number of thioether (sulfide) groups is 1. The largest absolute Gasteiger partial charge is 0.493 e. The Bertz CT molecular complexity index is 678. The Morgan fingerprint density at radius 2 is 1.92 bits per heavy atom. The standard InChI is InChI=1S/C18H24N2O5S/c1-12(17(22)19-6-8-25-9-7-19)20-16(21)11-26-18(20)13-4-5-14(23-2)15(10-13)24-3/h4-5,10,12,18H,6-9,11H2,1-3H3/t12-,18-/m1/s1. The van der Waals surface area contributed by atoms with Gasteiger partial charge in [-0.3, -0.25) is 9.59 Å². The molecule has 26 heavy (non-hydrogen) atoms. The topological polar surface area (TPSA) is 68.3 Å². The first-order chi connectivity index (χ1) is 12.6. The lowest BCUT2D eigenvalue weighted by molar-refractivity contribution is -0.146. The van der Waals surface area contributed by atoms with Crippen molar-refractivity contribution < 1.29 is 23.8 Å². The predicted octanol–water partition coefficient (Wildman–Crippen LogP) is 1.53. The molecule has 2 amide bonds. The fraction of sp³-hybridized carbons (Fsp3) is 0.556. The number of rotatable bonds is 5. The highest BCUT2D eigenvalue weighted by molar-refractivity contribution is 8.00. The van der Waals surface area contributed by atoms with E-state index in [1.54, 1.807) is 30.9 Å². The maximum Gasteiger partial charge on any atom is 0.245 e. The molecular weight excluding hydrogens is 356 g/mol. The van der Waals surface area contributed by atoms with Crippen LogP contribution in [0.15, 0.2) is 18.2 Å². The van der Waals surface area contributed by atoms with Gasteiger partial charge in [0.1, 0.15) is 11.4 Å². The van der Waals surface area contributed by atoms with Crippen LogP contribution in [0.1, 0.15) is 17.9 Å². The highest BCUT2D eigenvalue weighted by atomic mass is 32.2. The van der Waals surface area contributed by atoms with E-state index >= 15 is 0 Å². The molecule has 2 saturated heterocycles. The summed E-state index contributed by atoms with van der Waals surface area (Å²) in [7, 11) is 3.16. The van der Waals surface area contributed by atoms with Gasteiger partial charge in [0.15, 0.2) is 11.5 Å². The van der Waals surface area contributed by atoms with Crippen molar-refractivity contribution in [1.82, 2.24) is 9.80 Å². The summed E-state index contributed by atoms with van der Waals surface area (Å²) in [4.78, 5) is 28.8. The Labute approximate surface area is 157 Å². The summed E-state index contributed by atoms with van der Waals surface area (Å²) in [5, 5.41) is -0.220. The van der Waals surface area contributed by atoms with Crippen LogP contribution in [0, 0.1) is 0 Å². The number of amides is 2. The zero-order chi connectivity index (χ0) is 18.7. The van der Waals surface area contributed by atoms with Crippen molar-refractivity contribution in [2.45, 2.75) is 18.3 Å². The molecule has 2 atom stereocenters. The van der Waals surface area contributed by atoms with E-state index in [1.165, 1.54) is 11.8 Å². The SMILES string of the molecule is COc1ccc([C@H]2SCC(=O)N2[C@H](C)C(=O)N2CCOCC2)cc1OC. The van der Waals surface area contributed by atoms with E-state index in [9.17, 15) is 9.59 Å². The third-order valence-corrected chi connectivity index (χ3v) is 5.92. The van der Waals surface area contributed by atoms with Crippen molar-refractivity contribution in [2.24, 2.45) is 0 Å². The van der Waals surface area contributed by atoms with Gasteiger partial charge in [0.2, 0.25) is 11.8 Å². The molecular formula is C18H24N2O5S. The second kappa shape index (κ2) is 8.18. The smallest absolute Gasteiger partial charge is 0.245 e. The normalized spacial score (nSPS) is 21.7. The van der Waals surface area contributed by atoms with Crippen LogP contribution in [0.25, 0.3) is 0 Å². The van der Waals surface area contributed by atoms with Gasteiger partial charge < -0.3 is 24.0 Å². The van der Waals surface area contributed by atoms with Gasteiger partial charge >= 0.3 is 0 Å². The molecule has 0 saturated carbocycles. The molecule has 0 unspecified atom stereocenters. The van der Waals surface area contributed by atoms with Crippen LogP contribution in [0.2, 0.25) is 0 Å². The maximum atomic E-state index is 12.9. The molecule has 2 heterocycles. The average Bonchev–Trinajstić information content (AvgIpc) is 3.08. The minimum atomic E-state index is -0.520. The first-order valence-corrected chi connectivity index (χ1v) is 9.63. The predicted molar refractivity (Wildman–Crippen MR) is 98.5 cm³/mol. The van der Waals surface area contributed by atoms with Crippen molar-refractivity contribution >= 4 is 23.6 Å². The van der Waals surface area contributed by atoms with Crippen LogP contribution >= 0.6 is 11.8 Å². The zero-order valence-electron chi connectivity index (χ0n) is 15.3. The number of morpholine rings is 1. The Balaban J connectivity index is 1.83. The van der Waals surface area contributed by atoms with E-state index in [0.29, 0.717) is 43.6 Å². The number of carbonyl (C=O) groups is 2. The van der Waals surface area contributed by atoms with Crippen LogP contribution in [0.5, 0.6) is 11.5 Å². The second-order valence-electron chi connectivity index (χ2n) is 6.19. The summed E-state index contributed by atoms with van der Waals surface area (Å²) >= 11 is 1.52. The Hall–Kier alpha value is -1.93. The third kappa shape index (κ3) is 3.61. The molecule has 0 aromatic heterocycles. The number of hydrogen-bond acceptors (Lipinski definition) is 6. The Morgan fingerprint density at radius 3 is 2.58 bits per heavy atom. The molecule has 2 aliphatic rings. The van der Waals surface area contributed by atoms with Gasteiger partial charge in [0, 0.05) is 13.1 Å². The molecule has 0 spiro atoms. The van der Waals surface area contributed by atoms with Crippen molar-refractivity contribution in [3.05, 3.63) is 23.8 Å². The van der Waals surface area contributed by atoms with Crippen LogP contribution in [-0.2, 0) is 14.3 Å². The van der Waals surface area contributed by atoms with Crippen molar-refractivity contribution in [2.75, 3.05) is 46.3 Å². The number of hydrogen-bond donors (Lipinski definition) is 0. The molecule has 2 fully saturated rings. The molecule has 142 valence electrons. The summed E-state index contributed by atoms with van der Waals surface area (Å²) in [5.74, 6) is 1.55. The number of ether oxygens (including phenoxy) is 3. The summed E-state index contributed by atoms with van der Waals surface area (Å²) in [6.07, 6.45) is 0. The lowest BCUT2D eigenvalue weighted by Gasteiger charge is -2.35. The van der Waals surface area contributed by atoms with Crippen LogP contribution in [0.3, 0.4) is 0 Å². The zero-order valence-corrected chi connectivity index (χ0v) is 16.1. The number of nitrogens with zero attached hydrogens (tertiary/aromatic N) is 2. The fourth-order valence-corrected chi connectivity index (χ4v) is 4.53. The van der Waals surface area contributed by atoms with E-state index in [2.05, 4.69) is 0 Å². The van der Waals surface area contributed by atoms with Gasteiger partial charge in [-0.05, 0) is 24.6 Å². The Morgan fingerprint density at radius 1 is 1.23 bits per heavy atom. The molecule has 1 aromatic rings. The first kappa shape index (κ1) is 18.8. The first-order valence-electron chi connectivity index (χ1n) is 8.58. The highest BCUT2D eigenvalue weighted by Gasteiger charge is 2.40. The maximum absolute atomic E-state index is 12.9. The van der Waals surface area contributed by atoms with Crippen molar-refractivity contribution in [3.8, 4) is 11.5 Å². The van der Waals surface area contributed by atoms with Gasteiger partial charge in [-0.25, -0.2) is 0 Å². The molecule has 1 aromatic carbocycles. The van der Waals surface area contributed by atoms with Crippen LogP contribution in [0.4, 0.5) is 0 Å². The number of benzene rings is 1. The van der Waals surface area contributed by atoms with Gasteiger partial charge in [-0.1, -0.05) is 6.07 Å². The molecule has 0 radical (unpaired) electrons. The molecule has 2 aliphatic heterocycles. The van der Waals surface area contributed by atoms with Gasteiger partial charge in [0.05, 0.1) is 33.2 Å². The molecule has 0 N–H and O–H groups in total. The van der Waals surface area contributed by atoms with E-state index in [0.717, 1.165) is 5.56 Å². The van der Waals surface area contributed by atoms with Gasteiger partial charge in [-0.2, -0.15) is 0 Å². The molecule has 0 bridgehead atoms. The minimum Gasteiger partial charge on any atom is -0.493 e. The molecule has 3 rings (SSSR count). The second-order valence-corrected chi connectivity index (χ2v) is 7.26. The van der Waals surface area contributed by atoms with Crippen molar-refractivity contribution in [1.29, 1.82) is 0 Å². The molecule has 8 heteroatoms. The van der Waals surface area contributed by atoms with E-state index in [-0.39, 0.29) is 17.2 Å². The van der Waals surface area contributed by atoms with E-state index < -0.39 is 6.04 Å². The average molecular weight is 380 g/mol. The monoisotopic (exact) mass is 380 g/mol. The minimum absolute atomic E-state index is 0.0242. The summed E-state index contributed by atoms with van der Waals surface area (Å²) in [6, 6.07) is 5.09. The molecule has 7 nitrogen and oxygen atoms in total. The van der Waals surface area contributed by atoms with Crippen molar-refractivity contribution in [3.63, 3.8) is 0 Å². The van der Waals surface area contributed by atoms with Gasteiger partial charge in [-0.15, -0.1) is 11.8 Å². The Kier molecular flexibility index (Phi) is 5.93. The summed E-state index contributed by atoms with van der Waals surface area (Å²) < 4.78 is 16.0. The summed E-state index contributed by atoms with van der Waals surface area (Å²) in [6.45, 7) is 4.02. The van der Waals surface area contributed by atoms with Gasteiger partial charge in [0.25, 0.3) is 0 Å². The highest BCUT2D eigenvalue weighted by Crippen LogP contribution is 2.42. The summed E-state index contributed by atoms with van der Waals surface area (Å²) in [5.41, 5.74) is 0.917. The fourth-order valence-electron chi connectivity index (χ4n) is 3.29. The third-order valence-electron chi connectivity index (χ3n) is 4.70. The van der Waals surface area contributed by atoms with Crippen LogP contribution in [-0.4, -0.2) is 73.9 Å². The van der Waals surface area contributed by atoms with E-state index in [4.69, 9.17) is 14.2 Å².